The van der Waals surface area contributed by atoms with Crippen molar-refractivity contribution in [2.75, 3.05) is 25.6 Å². The molecule has 8 nitrogen and oxygen atoms in total. The van der Waals surface area contributed by atoms with Crippen molar-refractivity contribution in [2.24, 2.45) is 7.05 Å². The average Bonchev–Trinajstić information content (AvgIpc) is 2.76. The fourth-order valence-corrected chi connectivity index (χ4v) is 3.47. The Kier molecular flexibility index (Phi) is 6.90. The highest BCUT2D eigenvalue weighted by atomic mass is 35.5. The number of nitrogens with zero attached hydrogens (tertiary/aromatic N) is 4. The summed E-state index contributed by atoms with van der Waals surface area (Å²) in [5.74, 6) is 0.428. The van der Waals surface area contributed by atoms with Crippen LogP contribution >= 0.6 is 11.6 Å². The number of fused-ring (bicyclic) bond motifs is 1. The number of urea groups is 1. The van der Waals surface area contributed by atoms with Gasteiger partial charge in [0.05, 0.1) is 35.2 Å². The molecule has 1 unspecified atom stereocenters. The molecule has 0 saturated heterocycles. The van der Waals surface area contributed by atoms with E-state index in [0.29, 0.717) is 39.6 Å². The van der Waals surface area contributed by atoms with Gasteiger partial charge in [0.1, 0.15) is 5.82 Å². The SMILES string of the molecule is COCCN(C(=O)Nc1cccc(C#N)c1)C(C)c1nc2ccc(Cl)cc2c(=O)n1C. The molecule has 1 N–H and O–H groups in total. The van der Waals surface area contributed by atoms with Gasteiger partial charge in [-0.2, -0.15) is 5.26 Å². The second-order valence-electron chi connectivity index (χ2n) is 6.98. The van der Waals surface area contributed by atoms with Crippen molar-refractivity contribution >= 4 is 34.2 Å². The lowest BCUT2D eigenvalue weighted by molar-refractivity contribution is 0.136. The van der Waals surface area contributed by atoms with E-state index in [1.807, 2.05) is 6.07 Å². The molecule has 3 aromatic rings. The first-order chi connectivity index (χ1) is 14.8. The smallest absolute Gasteiger partial charge is 0.322 e. The summed E-state index contributed by atoms with van der Waals surface area (Å²) in [6, 6.07) is 12.7. The number of methoxy groups -OCH3 is 1. The van der Waals surface area contributed by atoms with Gasteiger partial charge in [-0.05, 0) is 43.3 Å². The lowest BCUT2D eigenvalue weighted by Crippen LogP contribution is -2.41. The molecular weight excluding hydrogens is 418 g/mol. The first-order valence-electron chi connectivity index (χ1n) is 9.58. The Hall–Kier alpha value is -3.41. The number of rotatable bonds is 6. The summed E-state index contributed by atoms with van der Waals surface area (Å²) < 4.78 is 6.59. The van der Waals surface area contributed by atoms with Gasteiger partial charge in [0.25, 0.3) is 5.56 Å². The number of anilines is 1. The third kappa shape index (κ3) is 4.85. The number of halogens is 1. The Bertz CT molecular complexity index is 1220. The summed E-state index contributed by atoms with van der Waals surface area (Å²) in [7, 11) is 3.16. The zero-order valence-corrected chi connectivity index (χ0v) is 18.2. The van der Waals surface area contributed by atoms with Crippen molar-refractivity contribution in [3.63, 3.8) is 0 Å². The van der Waals surface area contributed by atoms with Gasteiger partial charge in [0.15, 0.2) is 0 Å². The van der Waals surface area contributed by atoms with Crippen LogP contribution in [0.1, 0.15) is 24.4 Å². The summed E-state index contributed by atoms with van der Waals surface area (Å²) >= 11 is 6.02. The van der Waals surface area contributed by atoms with Crippen LogP contribution in [0.25, 0.3) is 10.9 Å². The molecule has 1 atom stereocenters. The normalized spacial score (nSPS) is 11.7. The lowest BCUT2D eigenvalue weighted by Gasteiger charge is -2.30. The van der Waals surface area contributed by atoms with E-state index in [4.69, 9.17) is 21.6 Å². The maximum atomic E-state index is 13.1. The highest BCUT2D eigenvalue weighted by molar-refractivity contribution is 6.31. The summed E-state index contributed by atoms with van der Waals surface area (Å²) in [4.78, 5) is 32.1. The number of ether oxygens (including phenoxy) is 1. The minimum absolute atomic E-state index is 0.247. The van der Waals surface area contributed by atoms with Crippen LogP contribution in [0.5, 0.6) is 0 Å². The number of carbonyl (C=O) groups excluding carboxylic acids is 1. The molecule has 0 bridgehead atoms. The summed E-state index contributed by atoms with van der Waals surface area (Å²) in [5.41, 5.74) is 1.19. The van der Waals surface area contributed by atoms with Gasteiger partial charge in [0, 0.05) is 31.4 Å². The van der Waals surface area contributed by atoms with E-state index in [1.54, 1.807) is 63.5 Å². The van der Waals surface area contributed by atoms with E-state index in [9.17, 15) is 9.59 Å². The van der Waals surface area contributed by atoms with Gasteiger partial charge >= 0.3 is 6.03 Å². The summed E-state index contributed by atoms with van der Waals surface area (Å²) in [6.45, 7) is 2.37. The monoisotopic (exact) mass is 439 g/mol. The maximum absolute atomic E-state index is 13.1. The van der Waals surface area contributed by atoms with Crippen molar-refractivity contribution < 1.29 is 9.53 Å². The zero-order valence-electron chi connectivity index (χ0n) is 17.4. The third-order valence-electron chi connectivity index (χ3n) is 4.95. The Morgan fingerprint density at radius 3 is 2.84 bits per heavy atom. The topological polar surface area (TPSA) is 100 Å². The second kappa shape index (κ2) is 9.60. The number of nitrogens with one attached hydrogen (secondary N) is 1. The van der Waals surface area contributed by atoms with E-state index in [1.165, 1.54) is 9.47 Å². The molecule has 3 rings (SSSR count). The molecule has 9 heteroatoms. The van der Waals surface area contributed by atoms with Crippen LogP contribution in [-0.4, -0.2) is 40.7 Å². The van der Waals surface area contributed by atoms with Crippen LogP contribution < -0.4 is 10.9 Å². The van der Waals surface area contributed by atoms with Gasteiger partial charge in [-0.3, -0.25) is 9.36 Å². The van der Waals surface area contributed by atoms with E-state index < -0.39 is 12.1 Å². The molecular formula is C22H22ClN5O3. The predicted octanol–water partition coefficient (Wildman–Crippen LogP) is 3.70. The first-order valence-corrected chi connectivity index (χ1v) is 9.96. The van der Waals surface area contributed by atoms with Gasteiger partial charge in [-0.25, -0.2) is 9.78 Å². The fraction of sp³-hybridized carbons (Fsp3) is 0.273. The quantitative estimate of drug-likeness (QED) is 0.631. The number of benzene rings is 2. The molecule has 0 aliphatic rings. The van der Waals surface area contributed by atoms with Crippen molar-refractivity contribution in [1.29, 1.82) is 5.26 Å². The van der Waals surface area contributed by atoms with E-state index in [2.05, 4.69) is 10.3 Å². The van der Waals surface area contributed by atoms with E-state index >= 15 is 0 Å². The van der Waals surface area contributed by atoms with Crippen molar-refractivity contribution in [1.82, 2.24) is 14.5 Å². The van der Waals surface area contributed by atoms with Crippen LogP contribution in [-0.2, 0) is 11.8 Å². The second-order valence-corrected chi connectivity index (χ2v) is 7.42. The number of aromatic nitrogens is 2. The zero-order chi connectivity index (χ0) is 22.5. The molecule has 0 aliphatic heterocycles. The molecule has 1 aromatic heterocycles. The molecule has 0 spiro atoms. The van der Waals surface area contributed by atoms with E-state index in [-0.39, 0.29) is 12.1 Å². The van der Waals surface area contributed by atoms with Crippen LogP contribution in [0, 0.1) is 11.3 Å². The van der Waals surface area contributed by atoms with Gasteiger partial charge < -0.3 is 15.0 Å². The number of hydrogen-bond donors (Lipinski definition) is 1. The van der Waals surface area contributed by atoms with Crippen LogP contribution in [0.2, 0.25) is 5.02 Å². The summed E-state index contributed by atoms with van der Waals surface area (Å²) in [6.07, 6.45) is 0. The highest BCUT2D eigenvalue weighted by Crippen LogP contribution is 2.22. The first kappa shape index (κ1) is 22.3. The van der Waals surface area contributed by atoms with Crippen LogP contribution in [0.4, 0.5) is 10.5 Å². The highest BCUT2D eigenvalue weighted by Gasteiger charge is 2.25. The molecule has 31 heavy (non-hydrogen) atoms. The molecule has 160 valence electrons. The Morgan fingerprint density at radius 1 is 1.35 bits per heavy atom. The Balaban J connectivity index is 1.97. The molecule has 0 radical (unpaired) electrons. The molecule has 0 aliphatic carbocycles. The maximum Gasteiger partial charge on any atom is 0.322 e. The van der Waals surface area contributed by atoms with Gasteiger partial charge in [-0.1, -0.05) is 17.7 Å². The standard InChI is InChI=1S/C22H22ClN5O3/c1-14(20-26-19-8-7-16(23)12-18(19)21(29)27(20)2)28(9-10-31-3)22(30)25-17-6-4-5-15(11-17)13-24/h4-8,11-12,14H,9-10H2,1-3H3,(H,25,30). The van der Waals surface area contributed by atoms with Gasteiger partial charge in [0.2, 0.25) is 0 Å². The fourth-order valence-electron chi connectivity index (χ4n) is 3.30. The third-order valence-corrected chi connectivity index (χ3v) is 5.19. The average molecular weight is 440 g/mol. The molecule has 1 heterocycles. The summed E-state index contributed by atoms with van der Waals surface area (Å²) in [5, 5.41) is 12.7. The van der Waals surface area contributed by atoms with Crippen molar-refractivity contribution in [2.45, 2.75) is 13.0 Å². The molecule has 2 amide bonds. The Labute approximate surface area is 184 Å². The van der Waals surface area contributed by atoms with Crippen molar-refractivity contribution in [3.05, 3.63) is 69.2 Å². The van der Waals surface area contributed by atoms with Gasteiger partial charge in [-0.15, -0.1) is 0 Å². The molecule has 0 fully saturated rings. The lowest BCUT2D eigenvalue weighted by atomic mass is 10.2. The van der Waals surface area contributed by atoms with Crippen molar-refractivity contribution in [3.8, 4) is 6.07 Å². The molecule has 0 saturated carbocycles. The Morgan fingerprint density at radius 2 is 2.13 bits per heavy atom. The van der Waals surface area contributed by atoms with Crippen LogP contribution in [0.15, 0.2) is 47.3 Å². The predicted molar refractivity (Wildman–Crippen MR) is 119 cm³/mol. The molecule has 2 aromatic carbocycles. The largest absolute Gasteiger partial charge is 0.383 e. The number of nitriles is 1. The number of hydrogen-bond acceptors (Lipinski definition) is 5. The minimum atomic E-state index is -0.535. The van der Waals surface area contributed by atoms with E-state index in [0.717, 1.165) is 0 Å². The van der Waals surface area contributed by atoms with Crippen LogP contribution in [0.3, 0.4) is 0 Å². The number of carbonyl (C=O) groups is 1. The number of amides is 2. The minimum Gasteiger partial charge on any atom is -0.383 e.